The minimum absolute atomic E-state index is 0.0992. The first-order valence-electron chi connectivity index (χ1n) is 13.8. The molecule has 0 amide bonds. The second kappa shape index (κ2) is 13.4. The number of carbonyl (C=O) groups excluding carboxylic acids is 1. The van der Waals surface area contributed by atoms with Crippen LogP contribution in [-0.4, -0.2) is 40.1 Å². The Hall–Kier alpha value is -4.62. The van der Waals surface area contributed by atoms with Crippen LogP contribution >= 0.6 is 11.6 Å². The summed E-state index contributed by atoms with van der Waals surface area (Å²) in [6.45, 7) is 0.800. The number of methoxy groups -OCH3 is 2. The van der Waals surface area contributed by atoms with Crippen LogP contribution in [0.4, 0.5) is 0 Å². The molecule has 0 aliphatic carbocycles. The zero-order chi connectivity index (χ0) is 29.5. The second-order valence-electron chi connectivity index (χ2n) is 10.0. The van der Waals surface area contributed by atoms with Gasteiger partial charge in [-0.3, -0.25) is 9.48 Å². The van der Waals surface area contributed by atoms with Crippen molar-refractivity contribution in [3.05, 3.63) is 107 Å². The van der Waals surface area contributed by atoms with Crippen molar-refractivity contribution < 1.29 is 19.4 Å². The van der Waals surface area contributed by atoms with Crippen LogP contribution < -0.4 is 9.47 Å². The number of hydrogen-bond donors (Lipinski definition) is 1. The van der Waals surface area contributed by atoms with E-state index in [2.05, 4.69) is 34.6 Å². The van der Waals surface area contributed by atoms with Gasteiger partial charge in [-0.1, -0.05) is 59.6 Å². The number of carbonyl (C=O) groups is 1. The maximum absolute atomic E-state index is 12.5. The molecule has 0 bridgehead atoms. The number of aromatic nitrogens is 3. The second-order valence-corrected chi connectivity index (χ2v) is 10.5. The summed E-state index contributed by atoms with van der Waals surface area (Å²) in [5.74, 6) is 1.20. The van der Waals surface area contributed by atoms with Crippen LogP contribution in [0.15, 0.2) is 85.1 Å². The fourth-order valence-corrected chi connectivity index (χ4v) is 5.03. The Morgan fingerprint density at radius 3 is 2.60 bits per heavy atom. The Morgan fingerprint density at radius 2 is 1.76 bits per heavy atom. The largest absolute Gasteiger partial charge is 0.507 e. The fourth-order valence-electron chi connectivity index (χ4n) is 4.85. The lowest BCUT2D eigenvalue weighted by Gasteiger charge is -2.10. The predicted octanol–water partition coefficient (Wildman–Crippen LogP) is 7.78. The summed E-state index contributed by atoms with van der Waals surface area (Å²) in [4.78, 5) is 12.5. The average molecular weight is 582 g/mol. The van der Waals surface area contributed by atoms with Gasteiger partial charge in [-0.05, 0) is 89.7 Å². The molecule has 0 saturated carbocycles. The lowest BCUT2D eigenvalue weighted by molar-refractivity contribution is 0.104. The van der Waals surface area contributed by atoms with Crippen molar-refractivity contribution in [1.29, 1.82) is 0 Å². The summed E-state index contributed by atoms with van der Waals surface area (Å²) in [7, 11) is 3.32. The molecule has 5 rings (SSSR count). The quantitative estimate of drug-likeness (QED) is 0.0919. The van der Waals surface area contributed by atoms with E-state index in [-0.39, 0.29) is 17.1 Å². The number of benzene rings is 4. The van der Waals surface area contributed by atoms with Gasteiger partial charge in [-0.25, -0.2) is 0 Å². The summed E-state index contributed by atoms with van der Waals surface area (Å²) < 4.78 is 12.8. The van der Waals surface area contributed by atoms with Gasteiger partial charge in [0.25, 0.3) is 0 Å². The number of fused-ring (bicyclic) bond motifs is 1. The minimum atomic E-state index is -0.323. The molecule has 0 saturated heterocycles. The zero-order valence-corrected chi connectivity index (χ0v) is 24.3. The molecule has 0 aliphatic rings. The molecule has 1 heterocycles. The van der Waals surface area contributed by atoms with Gasteiger partial charge in [0, 0.05) is 17.1 Å². The minimum Gasteiger partial charge on any atom is -0.507 e. The topological polar surface area (TPSA) is 86.5 Å². The SMILES string of the molecule is COc1ccc2cc(-c3cn(CCCCCc4ccc(/C=C/C(=O)c5cc(Cl)ccc5O)cc4OC)nn3)ccc2c1. The highest BCUT2D eigenvalue weighted by molar-refractivity contribution is 6.31. The Balaban J connectivity index is 1.12. The molecule has 214 valence electrons. The zero-order valence-electron chi connectivity index (χ0n) is 23.6. The van der Waals surface area contributed by atoms with E-state index in [1.807, 2.05) is 41.2 Å². The molecule has 0 aliphatic heterocycles. The number of phenolic OH excluding ortho intramolecular Hbond substituents is 1. The lowest BCUT2D eigenvalue weighted by atomic mass is 10.0. The van der Waals surface area contributed by atoms with E-state index < -0.39 is 0 Å². The van der Waals surface area contributed by atoms with Crippen LogP contribution in [-0.2, 0) is 13.0 Å². The molecule has 1 N–H and O–H groups in total. The van der Waals surface area contributed by atoms with E-state index in [1.165, 1.54) is 24.3 Å². The van der Waals surface area contributed by atoms with Crippen LogP contribution in [0.3, 0.4) is 0 Å². The van der Waals surface area contributed by atoms with Gasteiger partial charge in [-0.15, -0.1) is 5.10 Å². The summed E-state index contributed by atoms with van der Waals surface area (Å²) in [5, 5.41) is 21.3. The number of hydrogen-bond acceptors (Lipinski definition) is 6. The summed E-state index contributed by atoms with van der Waals surface area (Å²) in [5.41, 5.74) is 4.01. The van der Waals surface area contributed by atoms with Gasteiger partial charge in [0.15, 0.2) is 5.78 Å². The number of phenols is 1. The summed E-state index contributed by atoms with van der Waals surface area (Å²) in [6.07, 6.45) is 9.04. The van der Waals surface area contributed by atoms with E-state index >= 15 is 0 Å². The van der Waals surface area contributed by atoms with Crippen molar-refractivity contribution in [1.82, 2.24) is 15.0 Å². The van der Waals surface area contributed by atoms with Crippen LogP contribution in [0.1, 0.15) is 40.7 Å². The third kappa shape index (κ3) is 6.98. The van der Waals surface area contributed by atoms with Gasteiger partial charge in [0.2, 0.25) is 0 Å². The summed E-state index contributed by atoms with van der Waals surface area (Å²) in [6, 6.07) is 22.6. The average Bonchev–Trinajstić information content (AvgIpc) is 3.49. The molecule has 1 aromatic heterocycles. The maximum atomic E-state index is 12.5. The number of aromatic hydroxyl groups is 1. The predicted molar refractivity (Wildman–Crippen MR) is 167 cm³/mol. The first-order valence-corrected chi connectivity index (χ1v) is 14.2. The van der Waals surface area contributed by atoms with E-state index in [0.717, 1.165) is 76.9 Å². The molecule has 8 heteroatoms. The normalized spacial score (nSPS) is 11.3. The van der Waals surface area contributed by atoms with Gasteiger partial charge in [0.1, 0.15) is 22.9 Å². The van der Waals surface area contributed by atoms with E-state index in [9.17, 15) is 9.90 Å². The lowest BCUT2D eigenvalue weighted by Crippen LogP contribution is -1.99. The Kier molecular flexibility index (Phi) is 9.19. The number of ether oxygens (including phenoxy) is 2. The number of rotatable bonds is 12. The molecule has 0 atom stereocenters. The van der Waals surface area contributed by atoms with Gasteiger partial charge >= 0.3 is 0 Å². The Morgan fingerprint density at radius 1 is 0.929 bits per heavy atom. The molecule has 0 radical (unpaired) electrons. The van der Waals surface area contributed by atoms with Crippen LogP contribution in [0.5, 0.6) is 17.2 Å². The number of halogens is 1. The highest BCUT2D eigenvalue weighted by atomic mass is 35.5. The number of aryl methyl sites for hydroxylation is 2. The fraction of sp³-hybridized carbons (Fsp3) is 0.206. The van der Waals surface area contributed by atoms with Gasteiger partial charge < -0.3 is 14.6 Å². The monoisotopic (exact) mass is 581 g/mol. The van der Waals surface area contributed by atoms with Crippen molar-refractivity contribution in [2.75, 3.05) is 14.2 Å². The van der Waals surface area contributed by atoms with E-state index in [0.29, 0.717) is 5.02 Å². The highest BCUT2D eigenvalue weighted by Gasteiger charge is 2.10. The standard InChI is InChI=1S/C34H32ClN3O4/c1-41-29-14-12-25-19-27(11-10-26(25)20-29)31-22-38(37-36-31)17-5-3-4-6-24-9-7-23(18-34(24)42-2)8-15-32(39)30-21-28(35)13-16-33(30)40/h7-16,18-22,40H,3-6,17H2,1-2H3/b15-8+. The summed E-state index contributed by atoms with van der Waals surface area (Å²) >= 11 is 5.96. The molecule has 5 aromatic rings. The van der Waals surface area contributed by atoms with Gasteiger partial charge in [0.05, 0.1) is 26.0 Å². The van der Waals surface area contributed by atoms with Crippen molar-refractivity contribution in [2.45, 2.75) is 32.2 Å². The van der Waals surface area contributed by atoms with E-state index in [1.54, 1.807) is 20.3 Å². The van der Waals surface area contributed by atoms with Crippen molar-refractivity contribution in [2.24, 2.45) is 0 Å². The maximum Gasteiger partial charge on any atom is 0.189 e. The van der Waals surface area contributed by atoms with Gasteiger partial charge in [-0.2, -0.15) is 0 Å². The molecular weight excluding hydrogens is 550 g/mol. The highest BCUT2D eigenvalue weighted by Crippen LogP contribution is 2.27. The molecule has 0 fully saturated rings. The van der Waals surface area contributed by atoms with Crippen molar-refractivity contribution in [3.63, 3.8) is 0 Å². The molecule has 7 nitrogen and oxygen atoms in total. The number of unbranched alkanes of at least 4 members (excludes halogenated alkanes) is 2. The smallest absolute Gasteiger partial charge is 0.189 e. The molecule has 4 aromatic carbocycles. The third-order valence-electron chi connectivity index (χ3n) is 7.18. The van der Waals surface area contributed by atoms with Crippen LogP contribution in [0.2, 0.25) is 5.02 Å². The van der Waals surface area contributed by atoms with Crippen molar-refractivity contribution in [3.8, 4) is 28.5 Å². The Bertz CT molecular complexity index is 1740. The number of nitrogens with zero attached hydrogens (tertiary/aromatic N) is 3. The van der Waals surface area contributed by atoms with Crippen LogP contribution in [0, 0.1) is 0 Å². The molecule has 42 heavy (non-hydrogen) atoms. The Labute approximate surface area is 250 Å². The molecule has 0 unspecified atom stereocenters. The number of ketones is 1. The molecule has 0 spiro atoms. The first-order chi connectivity index (χ1) is 20.4. The van der Waals surface area contributed by atoms with Crippen molar-refractivity contribution >= 4 is 34.2 Å². The van der Waals surface area contributed by atoms with Crippen LogP contribution in [0.25, 0.3) is 28.1 Å². The first kappa shape index (κ1) is 28.9. The number of allylic oxidation sites excluding steroid dienone is 1. The third-order valence-corrected chi connectivity index (χ3v) is 7.41. The van der Waals surface area contributed by atoms with E-state index in [4.69, 9.17) is 21.1 Å². The molecular formula is C34H32ClN3O4.